The number of benzene rings is 1. The molecule has 1 aliphatic heterocycles. The molecule has 6 nitrogen and oxygen atoms in total. The maximum absolute atomic E-state index is 13.6. The lowest BCUT2D eigenvalue weighted by molar-refractivity contribution is -0.150. The Labute approximate surface area is 192 Å². The quantitative estimate of drug-likeness (QED) is 0.656. The second kappa shape index (κ2) is 9.43. The van der Waals surface area contributed by atoms with Gasteiger partial charge in [0.2, 0.25) is 5.91 Å². The van der Waals surface area contributed by atoms with Crippen LogP contribution in [-0.4, -0.2) is 58.8 Å². The average Bonchev–Trinajstić information content (AvgIpc) is 3.41. The summed E-state index contributed by atoms with van der Waals surface area (Å²) in [6.07, 6.45) is 4.81. The number of rotatable bonds is 5. The van der Waals surface area contributed by atoms with Gasteiger partial charge in [-0.3, -0.25) is 4.79 Å². The highest BCUT2D eigenvalue weighted by Crippen LogP contribution is 2.40. The van der Waals surface area contributed by atoms with Gasteiger partial charge < -0.3 is 19.4 Å². The lowest BCUT2D eigenvalue weighted by atomic mass is 9.93. The van der Waals surface area contributed by atoms with Gasteiger partial charge >= 0.3 is 0 Å². The summed E-state index contributed by atoms with van der Waals surface area (Å²) in [5, 5.41) is 0. The zero-order valence-corrected chi connectivity index (χ0v) is 20.2. The van der Waals surface area contributed by atoms with Crippen LogP contribution in [-0.2, 0) is 14.3 Å². The predicted octanol–water partition coefficient (Wildman–Crippen LogP) is 4.77. The lowest BCUT2D eigenvalue weighted by Gasteiger charge is -2.39. The molecule has 0 spiro atoms. The van der Waals surface area contributed by atoms with Gasteiger partial charge in [0.05, 0.1) is 43.4 Å². The molecule has 168 valence electrons. The topological polar surface area (TPSA) is 67.5 Å². The zero-order valence-electron chi connectivity index (χ0n) is 18.6. The van der Waals surface area contributed by atoms with Crippen LogP contribution >= 0.6 is 15.9 Å². The van der Waals surface area contributed by atoms with E-state index in [2.05, 4.69) is 38.0 Å². The number of halogens is 1. The maximum Gasteiger partial charge on any atom is 0.226 e. The largest absolute Gasteiger partial charge is 0.377 e. The van der Waals surface area contributed by atoms with Gasteiger partial charge in [-0.05, 0) is 51.3 Å². The second-order valence-electron chi connectivity index (χ2n) is 9.52. The van der Waals surface area contributed by atoms with Crippen LogP contribution in [0.2, 0.25) is 0 Å². The number of hydrogen-bond acceptors (Lipinski definition) is 4. The van der Waals surface area contributed by atoms with E-state index in [0.29, 0.717) is 26.4 Å². The molecule has 1 aliphatic carbocycles. The minimum absolute atomic E-state index is 0.0309. The minimum Gasteiger partial charge on any atom is -0.377 e. The van der Waals surface area contributed by atoms with Crippen LogP contribution in [0.4, 0.5) is 0 Å². The summed E-state index contributed by atoms with van der Waals surface area (Å²) in [5.41, 5.74) is 1.85. The standard InChI is InChI=1S/C24H32BrN3O3/c1-24(2,3)31-15-18-14-30-12-11-28(18)23(29)20-6-4-5-19(20)22-26-13-21(27-22)16-7-9-17(25)10-8-16/h7-10,13,18-20H,4-6,11-12,14-15H2,1-3H3,(H,26,27)/t18-,19?,20?/m0/s1. The normalized spacial score (nSPS) is 24.5. The number of amides is 1. The molecule has 1 saturated heterocycles. The summed E-state index contributed by atoms with van der Waals surface area (Å²) in [6, 6.07) is 8.14. The molecule has 1 aromatic carbocycles. The van der Waals surface area contributed by atoms with E-state index >= 15 is 0 Å². The van der Waals surface area contributed by atoms with Crippen LogP contribution in [0.25, 0.3) is 11.3 Å². The van der Waals surface area contributed by atoms with Gasteiger partial charge in [0.1, 0.15) is 5.82 Å². The number of imidazole rings is 1. The summed E-state index contributed by atoms with van der Waals surface area (Å²) in [5.74, 6) is 1.22. The smallest absolute Gasteiger partial charge is 0.226 e. The molecule has 2 unspecified atom stereocenters. The molecule has 0 bridgehead atoms. The fraction of sp³-hybridized carbons (Fsp3) is 0.583. The second-order valence-corrected chi connectivity index (χ2v) is 10.4. The van der Waals surface area contributed by atoms with Crippen LogP contribution in [0.15, 0.2) is 34.9 Å². The Bertz CT molecular complexity index is 890. The van der Waals surface area contributed by atoms with E-state index in [4.69, 9.17) is 9.47 Å². The number of nitrogens with zero attached hydrogens (tertiary/aromatic N) is 2. The van der Waals surface area contributed by atoms with Crippen LogP contribution in [0.3, 0.4) is 0 Å². The van der Waals surface area contributed by atoms with Crippen molar-refractivity contribution in [3.8, 4) is 11.3 Å². The first-order valence-corrected chi connectivity index (χ1v) is 11.9. The van der Waals surface area contributed by atoms with Gasteiger partial charge in [0, 0.05) is 22.9 Å². The van der Waals surface area contributed by atoms with Crippen molar-refractivity contribution in [1.82, 2.24) is 14.9 Å². The van der Waals surface area contributed by atoms with E-state index in [1.54, 1.807) is 0 Å². The summed E-state index contributed by atoms with van der Waals surface area (Å²) < 4.78 is 12.7. The molecule has 4 rings (SSSR count). The first-order valence-electron chi connectivity index (χ1n) is 11.1. The molecule has 2 fully saturated rings. The zero-order chi connectivity index (χ0) is 22.0. The number of aromatic amines is 1. The average molecular weight is 490 g/mol. The van der Waals surface area contributed by atoms with Crippen molar-refractivity contribution >= 4 is 21.8 Å². The fourth-order valence-corrected chi connectivity index (χ4v) is 4.79. The number of morpholine rings is 1. The molecule has 3 atom stereocenters. The molecule has 0 radical (unpaired) electrons. The molecule has 7 heteroatoms. The van der Waals surface area contributed by atoms with Gasteiger partial charge in [0.15, 0.2) is 0 Å². The van der Waals surface area contributed by atoms with Gasteiger partial charge in [-0.1, -0.05) is 34.5 Å². The molecule has 2 heterocycles. The summed E-state index contributed by atoms with van der Waals surface area (Å²) in [4.78, 5) is 23.8. The van der Waals surface area contributed by atoms with E-state index < -0.39 is 0 Å². The molecule has 1 saturated carbocycles. The van der Waals surface area contributed by atoms with Gasteiger partial charge in [-0.2, -0.15) is 0 Å². The van der Waals surface area contributed by atoms with Gasteiger partial charge in [-0.15, -0.1) is 0 Å². The Morgan fingerprint density at radius 1 is 1.29 bits per heavy atom. The number of nitrogens with one attached hydrogen (secondary N) is 1. The number of carbonyl (C=O) groups is 1. The number of aromatic nitrogens is 2. The highest BCUT2D eigenvalue weighted by Gasteiger charge is 2.40. The van der Waals surface area contributed by atoms with Gasteiger partial charge in [-0.25, -0.2) is 4.98 Å². The first kappa shape index (κ1) is 22.5. The Kier molecular flexibility index (Phi) is 6.84. The summed E-state index contributed by atoms with van der Waals surface area (Å²) in [7, 11) is 0. The van der Waals surface area contributed by atoms with Crippen molar-refractivity contribution in [2.45, 2.75) is 57.6 Å². The molecular formula is C24H32BrN3O3. The van der Waals surface area contributed by atoms with Crippen molar-refractivity contribution in [3.05, 3.63) is 40.8 Å². The molecule has 31 heavy (non-hydrogen) atoms. The SMILES string of the molecule is CC(C)(C)OC[C@@H]1COCCN1C(=O)C1CCCC1c1ncc(-c2ccc(Br)cc2)[nH]1. The highest BCUT2D eigenvalue weighted by atomic mass is 79.9. The van der Waals surface area contributed by atoms with Crippen molar-refractivity contribution in [2.24, 2.45) is 5.92 Å². The number of H-pyrrole nitrogens is 1. The summed E-state index contributed by atoms with van der Waals surface area (Å²) in [6.45, 7) is 8.36. The minimum atomic E-state index is -0.236. The van der Waals surface area contributed by atoms with E-state index in [9.17, 15) is 4.79 Å². The predicted molar refractivity (Wildman–Crippen MR) is 124 cm³/mol. The monoisotopic (exact) mass is 489 g/mol. The van der Waals surface area contributed by atoms with Crippen LogP contribution < -0.4 is 0 Å². The first-order chi connectivity index (χ1) is 14.8. The highest BCUT2D eigenvalue weighted by molar-refractivity contribution is 9.10. The third-order valence-electron chi connectivity index (χ3n) is 6.15. The van der Waals surface area contributed by atoms with Crippen molar-refractivity contribution in [3.63, 3.8) is 0 Å². The molecule has 2 aliphatic rings. The number of hydrogen-bond donors (Lipinski definition) is 1. The van der Waals surface area contributed by atoms with Crippen molar-refractivity contribution < 1.29 is 14.3 Å². The van der Waals surface area contributed by atoms with E-state index in [-0.39, 0.29) is 29.4 Å². The Morgan fingerprint density at radius 3 is 2.81 bits per heavy atom. The van der Waals surface area contributed by atoms with Crippen molar-refractivity contribution in [1.29, 1.82) is 0 Å². The number of carbonyl (C=O) groups excluding carboxylic acids is 1. The Balaban J connectivity index is 1.48. The van der Waals surface area contributed by atoms with E-state index in [1.807, 2.05) is 44.0 Å². The van der Waals surface area contributed by atoms with Crippen LogP contribution in [0.1, 0.15) is 51.8 Å². The Hall–Kier alpha value is -1.70. The molecule has 1 amide bonds. The molecule has 2 aromatic rings. The Morgan fingerprint density at radius 2 is 2.06 bits per heavy atom. The van der Waals surface area contributed by atoms with Crippen LogP contribution in [0.5, 0.6) is 0 Å². The molecule has 1 aromatic heterocycles. The lowest BCUT2D eigenvalue weighted by Crippen LogP contribution is -2.53. The van der Waals surface area contributed by atoms with E-state index in [1.165, 1.54) is 0 Å². The number of ether oxygens (including phenoxy) is 2. The van der Waals surface area contributed by atoms with Crippen molar-refractivity contribution in [2.75, 3.05) is 26.4 Å². The third-order valence-corrected chi connectivity index (χ3v) is 6.68. The van der Waals surface area contributed by atoms with E-state index in [0.717, 1.165) is 40.8 Å². The fourth-order valence-electron chi connectivity index (χ4n) is 4.53. The summed E-state index contributed by atoms with van der Waals surface area (Å²) >= 11 is 3.48. The van der Waals surface area contributed by atoms with Crippen LogP contribution in [0, 0.1) is 5.92 Å². The third kappa shape index (κ3) is 5.38. The molecule has 1 N–H and O–H groups in total. The van der Waals surface area contributed by atoms with Gasteiger partial charge in [0.25, 0.3) is 0 Å². The molecular weight excluding hydrogens is 458 g/mol. The maximum atomic E-state index is 13.6.